The molecule has 32 heavy (non-hydrogen) atoms. The van der Waals surface area contributed by atoms with E-state index in [1.54, 1.807) is 21.6 Å². The average Bonchev–Trinajstić information content (AvgIpc) is 2.80. The van der Waals surface area contributed by atoms with Crippen LogP contribution < -0.4 is 10.6 Å². The van der Waals surface area contributed by atoms with Gasteiger partial charge in [-0.3, -0.25) is 9.59 Å². The highest BCUT2D eigenvalue weighted by Crippen LogP contribution is 2.19. The van der Waals surface area contributed by atoms with Crippen LogP contribution >= 0.6 is 21.6 Å². The van der Waals surface area contributed by atoms with E-state index < -0.39 is 0 Å². The van der Waals surface area contributed by atoms with Crippen molar-refractivity contribution in [2.45, 2.75) is 51.9 Å². The van der Waals surface area contributed by atoms with Crippen molar-refractivity contribution in [3.8, 4) is 0 Å². The molecule has 0 atom stereocenters. The van der Waals surface area contributed by atoms with E-state index in [0.717, 1.165) is 50.0 Å². The van der Waals surface area contributed by atoms with Gasteiger partial charge in [-0.15, -0.1) is 0 Å². The summed E-state index contributed by atoms with van der Waals surface area (Å²) >= 11 is 0. The van der Waals surface area contributed by atoms with Crippen molar-refractivity contribution in [2.24, 2.45) is 0 Å². The highest BCUT2D eigenvalue weighted by atomic mass is 33.1. The zero-order valence-electron chi connectivity index (χ0n) is 19.4. The minimum atomic E-state index is 0.0539. The molecule has 0 aromatic heterocycles. The summed E-state index contributed by atoms with van der Waals surface area (Å²) in [6.45, 7) is 3.49. The largest absolute Gasteiger partial charge is 0.358 e. The normalized spacial score (nSPS) is 12.4. The van der Waals surface area contributed by atoms with Gasteiger partial charge in [-0.1, -0.05) is 101 Å². The van der Waals surface area contributed by atoms with E-state index in [1.807, 2.05) is 12.2 Å². The molecule has 178 valence electrons. The smallest absolute Gasteiger partial charge is 0.223 e. The second-order valence-electron chi connectivity index (χ2n) is 6.69. The minimum Gasteiger partial charge on any atom is -0.358 e. The van der Waals surface area contributed by atoms with Crippen LogP contribution in [0.3, 0.4) is 0 Å². The second kappa shape index (κ2) is 27.1. The predicted molar refractivity (Wildman–Crippen MR) is 145 cm³/mol. The molecule has 0 aliphatic carbocycles. The molecule has 6 heteroatoms. The Morgan fingerprint density at radius 2 is 1.09 bits per heavy atom. The fourth-order valence-electron chi connectivity index (χ4n) is 2.29. The van der Waals surface area contributed by atoms with E-state index in [-0.39, 0.29) is 5.91 Å². The van der Waals surface area contributed by atoms with Crippen molar-refractivity contribution in [3.05, 3.63) is 72.9 Å². The summed E-state index contributed by atoms with van der Waals surface area (Å²) in [5, 5.41) is 5.52. The Hall–Kier alpha value is -1.92. The number of allylic oxidation sites excluding steroid dienone is 11. The first kappa shape index (κ1) is 30.1. The van der Waals surface area contributed by atoms with Gasteiger partial charge in [-0.25, -0.2) is 0 Å². The molecule has 0 aliphatic rings. The molecule has 0 bridgehead atoms. The van der Waals surface area contributed by atoms with E-state index in [2.05, 4.69) is 78.3 Å². The molecule has 0 fully saturated rings. The van der Waals surface area contributed by atoms with Gasteiger partial charge in [-0.2, -0.15) is 0 Å². The number of nitrogens with one attached hydrogen (secondary N) is 2. The third kappa shape index (κ3) is 26.1. The minimum absolute atomic E-state index is 0.0539. The molecule has 0 saturated carbocycles. The van der Waals surface area contributed by atoms with Crippen LogP contribution in [0.5, 0.6) is 0 Å². The number of hydrogen-bond donors (Lipinski definition) is 2. The first-order chi connectivity index (χ1) is 15.8. The maximum Gasteiger partial charge on any atom is 0.223 e. The van der Waals surface area contributed by atoms with Gasteiger partial charge in [0.15, 0.2) is 0 Å². The lowest BCUT2D eigenvalue weighted by molar-refractivity contribution is -0.120. The Kier molecular flexibility index (Phi) is 25.5. The van der Waals surface area contributed by atoms with Gasteiger partial charge in [0.05, 0.1) is 0 Å². The van der Waals surface area contributed by atoms with Crippen molar-refractivity contribution in [3.63, 3.8) is 0 Å². The fourth-order valence-corrected chi connectivity index (χ4v) is 4.12. The molecule has 0 heterocycles. The van der Waals surface area contributed by atoms with Crippen molar-refractivity contribution in [2.75, 3.05) is 24.6 Å². The molecule has 0 rings (SSSR count). The quantitative estimate of drug-likeness (QED) is 0.0881. The van der Waals surface area contributed by atoms with Crippen molar-refractivity contribution in [1.29, 1.82) is 0 Å². The van der Waals surface area contributed by atoms with Crippen molar-refractivity contribution in [1.82, 2.24) is 10.6 Å². The molecule has 4 nitrogen and oxygen atoms in total. The van der Waals surface area contributed by atoms with Crippen LogP contribution in [0.15, 0.2) is 72.9 Å². The Balaban J connectivity index is 3.53. The first-order valence-corrected chi connectivity index (χ1v) is 13.9. The molecule has 0 unspecified atom stereocenters. The number of amides is 2. The Labute approximate surface area is 203 Å². The number of hydrogen-bond acceptors (Lipinski definition) is 4. The first-order valence-electron chi connectivity index (χ1n) is 11.4. The summed E-state index contributed by atoms with van der Waals surface area (Å²) in [5.41, 5.74) is 0. The molecule has 0 spiro atoms. The van der Waals surface area contributed by atoms with Crippen LogP contribution in [0.1, 0.15) is 51.9 Å². The molecular weight excluding hydrogens is 436 g/mol. The number of rotatable bonds is 21. The lowest BCUT2D eigenvalue weighted by atomic mass is 10.2. The summed E-state index contributed by atoms with van der Waals surface area (Å²) in [5.74, 6) is 1.79. The van der Waals surface area contributed by atoms with Gasteiger partial charge >= 0.3 is 0 Å². The highest BCUT2D eigenvalue weighted by Gasteiger charge is 1.97. The van der Waals surface area contributed by atoms with Gasteiger partial charge in [0.2, 0.25) is 12.3 Å². The predicted octanol–water partition coefficient (Wildman–Crippen LogP) is 6.32. The molecule has 0 aromatic carbocycles. The molecule has 2 N–H and O–H groups in total. The van der Waals surface area contributed by atoms with Crippen molar-refractivity contribution >= 4 is 33.9 Å². The summed E-state index contributed by atoms with van der Waals surface area (Å²) in [7, 11) is 3.40. The fraction of sp³-hybridized carbons (Fsp3) is 0.462. The van der Waals surface area contributed by atoms with Crippen LogP contribution in [-0.2, 0) is 9.59 Å². The maximum atomic E-state index is 11.7. The Morgan fingerprint density at radius 3 is 1.56 bits per heavy atom. The van der Waals surface area contributed by atoms with Crippen LogP contribution in [0.4, 0.5) is 0 Å². The third-order valence-electron chi connectivity index (χ3n) is 3.90. The van der Waals surface area contributed by atoms with Crippen LogP contribution in [0.2, 0.25) is 0 Å². The topological polar surface area (TPSA) is 58.2 Å². The molecule has 0 aliphatic heterocycles. The average molecular weight is 477 g/mol. The molecular formula is C26H40N2O2S2. The summed E-state index contributed by atoms with van der Waals surface area (Å²) in [4.78, 5) is 21.8. The van der Waals surface area contributed by atoms with Crippen LogP contribution in [0.25, 0.3) is 0 Å². The number of carbonyl (C=O) groups is 2. The van der Waals surface area contributed by atoms with Gasteiger partial charge in [0.1, 0.15) is 0 Å². The van der Waals surface area contributed by atoms with Crippen LogP contribution in [0, 0.1) is 0 Å². The van der Waals surface area contributed by atoms with Gasteiger partial charge in [0, 0.05) is 31.0 Å². The Morgan fingerprint density at radius 1 is 0.656 bits per heavy atom. The SMILES string of the molecule is CC/C=C\C/C=C\C/C=C\C/C=C\C/C=C\C/C=C\CC(=O)NCCSSCCNC=O. The van der Waals surface area contributed by atoms with E-state index in [9.17, 15) is 9.59 Å². The van der Waals surface area contributed by atoms with E-state index >= 15 is 0 Å². The highest BCUT2D eigenvalue weighted by molar-refractivity contribution is 8.76. The number of carbonyl (C=O) groups excluding carboxylic acids is 2. The molecule has 2 amide bonds. The Bertz CT molecular complexity index is 623. The summed E-state index contributed by atoms with van der Waals surface area (Å²) in [6.07, 6.45) is 32.8. The summed E-state index contributed by atoms with van der Waals surface area (Å²) in [6, 6.07) is 0. The van der Waals surface area contributed by atoms with Gasteiger partial charge in [-0.05, 0) is 38.5 Å². The van der Waals surface area contributed by atoms with Gasteiger partial charge < -0.3 is 10.6 Å². The standard InChI is InChI=1S/C26H40N2O2S2/c1-2-3-4-5-6-7-8-9-10-11-12-13-14-15-16-17-18-19-20-26(30)28-22-24-32-31-23-21-27-25-29/h3-4,6-7,9-10,12-13,15-16,18-19,25H,2,5,8,11,14,17,20-24H2,1H3,(H,27,29)(H,28,30)/b4-3-,7-6-,10-9-,13-12-,16-15-,19-18-. The third-order valence-corrected chi connectivity index (χ3v) is 6.31. The zero-order valence-corrected chi connectivity index (χ0v) is 21.0. The zero-order chi connectivity index (χ0) is 23.4. The second-order valence-corrected chi connectivity index (χ2v) is 9.39. The van der Waals surface area contributed by atoms with E-state index in [4.69, 9.17) is 0 Å². The molecule has 0 aromatic rings. The molecule has 0 radical (unpaired) electrons. The van der Waals surface area contributed by atoms with Crippen LogP contribution in [-0.4, -0.2) is 36.9 Å². The van der Waals surface area contributed by atoms with Gasteiger partial charge in [0.25, 0.3) is 0 Å². The van der Waals surface area contributed by atoms with Crippen molar-refractivity contribution < 1.29 is 9.59 Å². The monoisotopic (exact) mass is 476 g/mol. The van der Waals surface area contributed by atoms with E-state index in [0.29, 0.717) is 25.9 Å². The van der Waals surface area contributed by atoms with E-state index in [1.165, 1.54) is 0 Å². The maximum absolute atomic E-state index is 11.7. The summed E-state index contributed by atoms with van der Waals surface area (Å²) < 4.78 is 0. The molecule has 0 saturated heterocycles. The lowest BCUT2D eigenvalue weighted by Crippen LogP contribution is -2.24. The lowest BCUT2D eigenvalue weighted by Gasteiger charge is -2.03.